The first-order valence-electron chi connectivity index (χ1n) is 12.7. The quantitative estimate of drug-likeness (QED) is 0.204. The molecule has 5 atom stereocenters. The largest absolute Gasteiger partial charge is 0.463 e. The molecule has 1 heterocycles. The lowest BCUT2D eigenvalue weighted by atomic mass is 9.70. The standard InChI is InChI=1S/C27H52O7/c1-24(2,3)16-25(4,5)12-20-21(34-20)13-26(6,7)17-27(8,9)14-22(31)33-15-19(30)23(32)18(29)10-11-28/h18-21,23,28-30,32H,10-17H2,1-9H3/t18-,19-,20?,21?,23+/m1/s1. The lowest BCUT2D eigenvalue weighted by Crippen LogP contribution is -2.41. The molecule has 0 bridgehead atoms. The summed E-state index contributed by atoms with van der Waals surface area (Å²) in [5.41, 5.74) is 0.203. The molecule has 1 saturated heterocycles. The van der Waals surface area contributed by atoms with Crippen LogP contribution in [0.1, 0.15) is 101 Å². The van der Waals surface area contributed by atoms with E-state index in [1.165, 1.54) is 0 Å². The molecule has 0 aliphatic carbocycles. The third-order valence-electron chi connectivity index (χ3n) is 6.41. The Morgan fingerprint density at radius 3 is 1.79 bits per heavy atom. The van der Waals surface area contributed by atoms with E-state index in [0.29, 0.717) is 11.5 Å². The van der Waals surface area contributed by atoms with E-state index in [9.17, 15) is 20.1 Å². The molecule has 202 valence electrons. The average Bonchev–Trinajstić information content (AvgIpc) is 3.30. The van der Waals surface area contributed by atoms with Gasteiger partial charge in [0.2, 0.25) is 0 Å². The van der Waals surface area contributed by atoms with Crippen LogP contribution in [0.2, 0.25) is 0 Å². The molecule has 0 aromatic carbocycles. The monoisotopic (exact) mass is 488 g/mol. The maximum absolute atomic E-state index is 12.4. The smallest absolute Gasteiger partial charge is 0.306 e. The number of epoxide rings is 1. The zero-order valence-corrected chi connectivity index (χ0v) is 23.1. The van der Waals surface area contributed by atoms with Gasteiger partial charge in [-0.1, -0.05) is 62.3 Å². The van der Waals surface area contributed by atoms with Gasteiger partial charge < -0.3 is 29.9 Å². The highest BCUT2D eigenvalue weighted by atomic mass is 16.6. The summed E-state index contributed by atoms with van der Waals surface area (Å²) in [6, 6.07) is 0. The average molecular weight is 489 g/mol. The molecule has 1 fully saturated rings. The molecule has 2 unspecified atom stereocenters. The molecule has 7 heteroatoms. The summed E-state index contributed by atoms with van der Waals surface area (Å²) in [4.78, 5) is 12.4. The van der Waals surface area contributed by atoms with Crippen molar-refractivity contribution in [2.75, 3.05) is 13.2 Å². The molecule has 0 amide bonds. The minimum atomic E-state index is -1.48. The summed E-state index contributed by atoms with van der Waals surface area (Å²) >= 11 is 0. The van der Waals surface area contributed by atoms with E-state index in [0.717, 1.165) is 25.7 Å². The van der Waals surface area contributed by atoms with Crippen molar-refractivity contribution in [2.45, 2.75) is 131 Å². The Morgan fingerprint density at radius 1 is 0.824 bits per heavy atom. The zero-order chi connectivity index (χ0) is 26.5. The molecule has 1 rings (SSSR count). The van der Waals surface area contributed by atoms with E-state index in [1.807, 2.05) is 13.8 Å². The van der Waals surface area contributed by atoms with Crippen molar-refractivity contribution in [3.05, 3.63) is 0 Å². The summed E-state index contributed by atoms with van der Waals surface area (Å²) < 4.78 is 11.2. The maximum Gasteiger partial charge on any atom is 0.306 e. The van der Waals surface area contributed by atoms with Gasteiger partial charge in [-0.2, -0.15) is 0 Å². The molecule has 1 aliphatic rings. The summed E-state index contributed by atoms with van der Waals surface area (Å²) in [6.45, 7) is 19.2. The van der Waals surface area contributed by atoms with Gasteiger partial charge in [0.25, 0.3) is 0 Å². The molecule has 1 aliphatic heterocycles. The minimum Gasteiger partial charge on any atom is -0.463 e. The molecule has 0 saturated carbocycles. The van der Waals surface area contributed by atoms with Crippen molar-refractivity contribution in [3.8, 4) is 0 Å². The number of hydrogen-bond acceptors (Lipinski definition) is 7. The van der Waals surface area contributed by atoms with Gasteiger partial charge in [-0.3, -0.25) is 4.79 Å². The maximum atomic E-state index is 12.4. The second-order valence-electron chi connectivity index (χ2n) is 14.0. The Bertz CT molecular complexity index is 635. The highest BCUT2D eigenvalue weighted by molar-refractivity contribution is 5.70. The van der Waals surface area contributed by atoms with Crippen LogP contribution in [0.3, 0.4) is 0 Å². The molecular formula is C27H52O7. The van der Waals surface area contributed by atoms with Crippen molar-refractivity contribution >= 4 is 5.97 Å². The van der Waals surface area contributed by atoms with Crippen LogP contribution in [-0.4, -0.2) is 70.1 Å². The number of rotatable bonds is 15. The predicted octanol–water partition coefficient (Wildman–Crippen LogP) is 3.84. The zero-order valence-electron chi connectivity index (χ0n) is 23.1. The first kappa shape index (κ1) is 31.3. The highest BCUT2D eigenvalue weighted by Gasteiger charge is 2.46. The fraction of sp³-hybridized carbons (Fsp3) is 0.963. The van der Waals surface area contributed by atoms with Crippen LogP contribution in [0.5, 0.6) is 0 Å². The van der Waals surface area contributed by atoms with Crippen molar-refractivity contribution in [2.24, 2.45) is 21.7 Å². The van der Waals surface area contributed by atoms with E-state index in [4.69, 9.17) is 14.6 Å². The molecule has 7 nitrogen and oxygen atoms in total. The Hall–Kier alpha value is -0.730. The van der Waals surface area contributed by atoms with Gasteiger partial charge in [-0.05, 0) is 53.8 Å². The second kappa shape index (κ2) is 12.0. The van der Waals surface area contributed by atoms with Crippen LogP contribution < -0.4 is 0 Å². The third kappa shape index (κ3) is 12.3. The number of ether oxygens (including phenoxy) is 2. The SMILES string of the molecule is CC(C)(C)CC(C)(C)CC1OC1CC(C)(C)CC(C)(C)CC(=O)OC[C@@H](O)[C@@H](O)[C@H](O)CCO. The lowest BCUT2D eigenvalue weighted by Gasteiger charge is -2.35. The van der Waals surface area contributed by atoms with Crippen LogP contribution in [0.15, 0.2) is 0 Å². The fourth-order valence-corrected chi connectivity index (χ4v) is 5.84. The van der Waals surface area contributed by atoms with Crippen LogP contribution >= 0.6 is 0 Å². The van der Waals surface area contributed by atoms with E-state index >= 15 is 0 Å². The minimum absolute atomic E-state index is 0.0124. The van der Waals surface area contributed by atoms with Crippen LogP contribution in [0.4, 0.5) is 0 Å². The number of hydrogen-bond donors (Lipinski definition) is 4. The van der Waals surface area contributed by atoms with Crippen LogP contribution in [0.25, 0.3) is 0 Å². The van der Waals surface area contributed by atoms with E-state index < -0.39 is 30.9 Å². The Kier molecular flexibility index (Phi) is 11.1. The number of esters is 1. The van der Waals surface area contributed by atoms with Gasteiger partial charge in [0.15, 0.2) is 0 Å². The van der Waals surface area contributed by atoms with Crippen molar-refractivity contribution in [1.82, 2.24) is 0 Å². The molecular weight excluding hydrogens is 436 g/mol. The number of aliphatic hydroxyl groups excluding tert-OH is 4. The van der Waals surface area contributed by atoms with Crippen molar-refractivity contribution in [3.63, 3.8) is 0 Å². The highest BCUT2D eigenvalue weighted by Crippen LogP contribution is 2.47. The van der Waals surface area contributed by atoms with Crippen molar-refractivity contribution < 1.29 is 34.7 Å². The molecule has 0 aromatic heterocycles. The van der Waals surface area contributed by atoms with Gasteiger partial charge in [0.1, 0.15) is 18.8 Å². The summed E-state index contributed by atoms with van der Waals surface area (Å²) in [7, 11) is 0. The van der Waals surface area contributed by atoms with Gasteiger partial charge in [-0.25, -0.2) is 0 Å². The summed E-state index contributed by atoms with van der Waals surface area (Å²) in [5.74, 6) is -0.451. The van der Waals surface area contributed by atoms with Gasteiger partial charge in [-0.15, -0.1) is 0 Å². The summed E-state index contributed by atoms with van der Waals surface area (Å²) in [6.07, 6.45) is 0.492. The Balaban J connectivity index is 2.48. The third-order valence-corrected chi connectivity index (χ3v) is 6.41. The molecule has 0 aromatic rings. The van der Waals surface area contributed by atoms with Gasteiger partial charge >= 0.3 is 5.97 Å². The first-order valence-corrected chi connectivity index (χ1v) is 12.7. The normalized spacial score (nSPS) is 22.3. The van der Waals surface area contributed by atoms with Crippen LogP contribution in [0, 0.1) is 21.7 Å². The number of carbonyl (C=O) groups excluding carboxylic acids is 1. The van der Waals surface area contributed by atoms with Gasteiger partial charge in [0, 0.05) is 6.61 Å². The lowest BCUT2D eigenvalue weighted by molar-refractivity contribution is -0.154. The summed E-state index contributed by atoms with van der Waals surface area (Å²) in [5, 5.41) is 38.3. The fourth-order valence-electron chi connectivity index (χ4n) is 5.84. The molecule has 4 N–H and O–H groups in total. The first-order chi connectivity index (χ1) is 15.3. The Morgan fingerprint density at radius 2 is 1.32 bits per heavy atom. The second-order valence-corrected chi connectivity index (χ2v) is 14.0. The Labute approximate surface area is 207 Å². The molecule has 0 spiro atoms. The number of aliphatic hydroxyl groups is 4. The predicted molar refractivity (Wildman–Crippen MR) is 133 cm³/mol. The molecule has 34 heavy (non-hydrogen) atoms. The number of carbonyl (C=O) groups is 1. The van der Waals surface area contributed by atoms with Crippen LogP contribution in [-0.2, 0) is 14.3 Å². The van der Waals surface area contributed by atoms with E-state index in [1.54, 1.807) is 0 Å². The van der Waals surface area contributed by atoms with E-state index in [2.05, 4.69) is 48.5 Å². The topological polar surface area (TPSA) is 120 Å². The molecule has 0 radical (unpaired) electrons. The van der Waals surface area contributed by atoms with Gasteiger partial charge in [0.05, 0.1) is 24.7 Å². The van der Waals surface area contributed by atoms with Crippen molar-refractivity contribution in [1.29, 1.82) is 0 Å². The van der Waals surface area contributed by atoms with E-state index in [-0.39, 0.29) is 41.8 Å².